The monoisotopic (exact) mass is 560 g/mol. The molecule has 0 spiro atoms. The number of benzene rings is 3. The summed E-state index contributed by atoms with van der Waals surface area (Å²) in [6.07, 6.45) is 1.96. The number of anilines is 2. The first-order chi connectivity index (χ1) is 19.2. The van der Waals surface area contributed by atoms with Gasteiger partial charge in [-0.3, -0.25) is 9.10 Å². The Balaban J connectivity index is 1.46. The van der Waals surface area contributed by atoms with E-state index in [0.29, 0.717) is 30.6 Å². The summed E-state index contributed by atoms with van der Waals surface area (Å²) in [5.41, 5.74) is 5.62. The van der Waals surface area contributed by atoms with Gasteiger partial charge < -0.3 is 20.3 Å². The fourth-order valence-corrected chi connectivity index (χ4v) is 6.57. The van der Waals surface area contributed by atoms with Crippen molar-refractivity contribution in [2.45, 2.75) is 45.4 Å². The van der Waals surface area contributed by atoms with Gasteiger partial charge in [0.25, 0.3) is 5.91 Å². The third-order valence-corrected chi connectivity index (χ3v) is 9.51. The smallest absolute Gasteiger partial charge is 0.251 e. The summed E-state index contributed by atoms with van der Waals surface area (Å²) in [4.78, 5) is 13.7. The minimum atomic E-state index is -3.51. The number of aromatic nitrogens is 1. The predicted octanol–water partition coefficient (Wildman–Crippen LogP) is 4.11. The van der Waals surface area contributed by atoms with E-state index < -0.39 is 22.2 Å². The Morgan fingerprint density at radius 2 is 1.80 bits per heavy atom. The molecule has 0 radical (unpaired) electrons. The lowest BCUT2D eigenvalue weighted by molar-refractivity contribution is 0.0851. The highest BCUT2D eigenvalue weighted by atomic mass is 32.2. The lowest BCUT2D eigenvalue weighted by Gasteiger charge is -2.26. The van der Waals surface area contributed by atoms with Crippen LogP contribution in [0.4, 0.5) is 11.4 Å². The summed E-state index contributed by atoms with van der Waals surface area (Å²) in [5.74, 6) is -0.351. The third kappa shape index (κ3) is 5.57. The fourth-order valence-electron chi connectivity index (χ4n) is 5.38. The maximum Gasteiger partial charge on any atom is 0.251 e. The highest BCUT2D eigenvalue weighted by Gasteiger charge is 2.29. The number of para-hydroxylation sites is 1. The van der Waals surface area contributed by atoms with Crippen LogP contribution < -0.4 is 14.9 Å². The van der Waals surface area contributed by atoms with Crippen LogP contribution in [0, 0.1) is 6.92 Å². The summed E-state index contributed by atoms with van der Waals surface area (Å²) < 4.78 is 29.2. The maximum atomic E-state index is 13.7. The molecule has 0 aliphatic carbocycles. The van der Waals surface area contributed by atoms with Gasteiger partial charge in [-0.2, -0.15) is 0 Å². The zero-order valence-electron chi connectivity index (χ0n) is 23.1. The molecular weight excluding hydrogens is 524 g/mol. The normalized spacial score (nSPS) is 15.8. The van der Waals surface area contributed by atoms with Crippen LogP contribution in [0.25, 0.3) is 10.9 Å². The molecule has 1 aliphatic rings. The van der Waals surface area contributed by atoms with Crippen LogP contribution in [-0.4, -0.2) is 55.5 Å². The molecule has 4 aromatic rings. The summed E-state index contributed by atoms with van der Waals surface area (Å²) in [6.45, 7) is 4.96. The molecule has 0 unspecified atom stereocenters. The first kappa shape index (κ1) is 27.7. The van der Waals surface area contributed by atoms with Crippen molar-refractivity contribution in [3.63, 3.8) is 0 Å². The van der Waals surface area contributed by atoms with Crippen molar-refractivity contribution in [3.05, 3.63) is 95.2 Å². The number of amides is 1. The van der Waals surface area contributed by atoms with Crippen molar-refractivity contribution < 1.29 is 18.3 Å². The molecule has 1 aliphatic heterocycles. The summed E-state index contributed by atoms with van der Waals surface area (Å²) >= 11 is 0. The number of carbonyl (C=O) groups excluding carboxylic acids is 1. The minimum Gasteiger partial charge on any atom is -0.389 e. The standard InChI is InChI=1S/C31H36N4O4S/c1-4-35-20-23-14-15-40(38,39)34(3)27-17-24(18-28(35)30(23)27)31(37)33-26(16-22-11-6-5-7-12-22)29(36)19-32-25-13-9-8-10-21(25)2/h5-13,17-18,20,26,29,32,36H,4,14-16,19H2,1-3H3,(H,33,37)/t26-,29+/m0/s1. The van der Waals surface area contributed by atoms with Gasteiger partial charge in [-0.25, -0.2) is 8.42 Å². The largest absolute Gasteiger partial charge is 0.389 e. The zero-order valence-corrected chi connectivity index (χ0v) is 23.9. The zero-order chi connectivity index (χ0) is 28.4. The molecule has 3 aromatic carbocycles. The number of nitrogens with zero attached hydrogens (tertiary/aromatic N) is 2. The molecule has 2 atom stereocenters. The second kappa shape index (κ2) is 11.3. The fraction of sp³-hybridized carbons (Fsp3) is 0.323. The summed E-state index contributed by atoms with van der Waals surface area (Å²) in [7, 11) is -1.97. The van der Waals surface area contributed by atoms with E-state index >= 15 is 0 Å². The van der Waals surface area contributed by atoms with Crippen LogP contribution in [0.15, 0.2) is 72.9 Å². The van der Waals surface area contributed by atoms with E-state index in [1.165, 1.54) is 4.31 Å². The van der Waals surface area contributed by atoms with Gasteiger partial charge in [0.2, 0.25) is 10.0 Å². The first-order valence-electron chi connectivity index (χ1n) is 13.6. The lowest BCUT2D eigenvalue weighted by atomic mass is 9.99. The summed E-state index contributed by atoms with van der Waals surface area (Å²) in [6, 6.07) is 20.5. The Morgan fingerprint density at radius 3 is 2.52 bits per heavy atom. The number of carbonyl (C=O) groups is 1. The van der Waals surface area contributed by atoms with E-state index in [2.05, 4.69) is 15.2 Å². The van der Waals surface area contributed by atoms with Gasteiger partial charge in [0, 0.05) is 43.0 Å². The van der Waals surface area contributed by atoms with E-state index in [1.807, 2.05) is 80.7 Å². The molecule has 1 aromatic heterocycles. The predicted molar refractivity (Wildman–Crippen MR) is 161 cm³/mol. The quantitative estimate of drug-likeness (QED) is 0.286. The van der Waals surface area contributed by atoms with E-state index in [9.17, 15) is 18.3 Å². The number of aliphatic hydroxyl groups is 1. The van der Waals surface area contributed by atoms with Gasteiger partial charge in [0.1, 0.15) is 0 Å². The average molecular weight is 561 g/mol. The van der Waals surface area contributed by atoms with E-state index in [-0.39, 0.29) is 18.2 Å². The Kier molecular flexibility index (Phi) is 7.87. The number of sulfonamides is 1. The molecule has 0 saturated carbocycles. The van der Waals surface area contributed by atoms with E-state index in [0.717, 1.165) is 33.3 Å². The number of rotatable bonds is 9. The molecular formula is C31H36N4O4S. The third-order valence-electron chi connectivity index (χ3n) is 7.75. The molecule has 40 heavy (non-hydrogen) atoms. The van der Waals surface area contributed by atoms with Crippen LogP contribution in [0.3, 0.4) is 0 Å². The van der Waals surface area contributed by atoms with Gasteiger partial charge in [0.15, 0.2) is 0 Å². The highest BCUT2D eigenvalue weighted by molar-refractivity contribution is 7.92. The van der Waals surface area contributed by atoms with Crippen LogP contribution in [0.2, 0.25) is 0 Å². The Hall–Kier alpha value is -3.82. The number of aliphatic hydroxyl groups excluding tert-OH is 1. The molecule has 2 heterocycles. The molecule has 5 rings (SSSR count). The minimum absolute atomic E-state index is 0.0156. The molecule has 9 heteroatoms. The van der Waals surface area contributed by atoms with Crippen LogP contribution in [-0.2, 0) is 29.4 Å². The van der Waals surface area contributed by atoms with Crippen molar-refractivity contribution in [2.75, 3.05) is 29.0 Å². The lowest BCUT2D eigenvalue weighted by Crippen LogP contribution is -2.47. The number of hydrogen-bond donors (Lipinski definition) is 3. The molecule has 0 bridgehead atoms. The SMILES string of the molecule is CCn1cc2c3c(cc(C(=O)N[C@@H](Cc4ccccc4)[C@H](O)CNc4ccccc4C)cc31)N(C)S(=O)(=O)CC2. The van der Waals surface area contributed by atoms with E-state index in [1.54, 1.807) is 13.1 Å². The van der Waals surface area contributed by atoms with Crippen LogP contribution in [0.1, 0.15) is 34.0 Å². The Labute approximate surface area is 235 Å². The molecule has 210 valence electrons. The van der Waals surface area contributed by atoms with Crippen LogP contribution in [0.5, 0.6) is 0 Å². The van der Waals surface area contributed by atoms with Crippen molar-refractivity contribution in [1.82, 2.24) is 9.88 Å². The maximum absolute atomic E-state index is 13.7. The highest BCUT2D eigenvalue weighted by Crippen LogP contribution is 2.37. The molecule has 3 N–H and O–H groups in total. The van der Waals surface area contributed by atoms with Crippen molar-refractivity contribution >= 4 is 38.2 Å². The second-order valence-corrected chi connectivity index (χ2v) is 12.5. The first-order valence-corrected chi connectivity index (χ1v) is 15.2. The number of nitrogens with one attached hydrogen (secondary N) is 2. The topological polar surface area (TPSA) is 104 Å². The average Bonchev–Trinajstić information content (AvgIpc) is 3.28. The second-order valence-electron chi connectivity index (χ2n) is 10.4. The van der Waals surface area contributed by atoms with Crippen molar-refractivity contribution in [2.24, 2.45) is 0 Å². The van der Waals surface area contributed by atoms with Gasteiger partial charge in [-0.1, -0.05) is 48.5 Å². The van der Waals surface area contributed by atoms with Crippen LogP contribution >= 0.6 is 0 Å². The number of aryl methyl sites for hydroxylation is 3. The summed E-state index contributed by atoms with van der Waals surface area (Å²) in [5, 5.41) is 18.5. The van der Waals surface area contributed by atoms with Gasteiger partial charge in [-0.05, 0) is 61.6 Å². The van der Waals surface area contributed by atoms with Gasteiger partial charge >= 0.3 is 0 Å². The Morgan fingerprint density at radius 1 is 1.07 bits per heavy atom. The van der Waals surface area contributed by atoms with Gasteiger partial charge in [-0.15, -0.1) is 0 Å². The molecule has 0 saturated heterocycles. The van der Waals surface area contributed by atoms with Crippen molar-refractivity contribution in [1.29, 1.82) is 0 Å². The van der Waals surface area contributed by atoms with E-state index in [4.69, 9.17) is 0 Å². The molecule has 0 fully saturated rings. The Bertz CT molecular complexity index is 1630. The number of hydrogen-bond acceptors (Lipinski definition) is 5. The van der Waals surface area contributed by atoms with Gasteiger partial charge in [0.05, 0.1) is 29.1 Å². The molecule has 8 nitrogen and oxygen atoms in total. The van der Waals surface area contributed by atoms with Crippen molar-refractivity contribution in [3.8, 4) is 0 Å². The molecule has 1 amide bonds.